The summed E-state index contributed by atoms with van der Waals surface area (Å²) in [5, 5.41) is 3.66. The molecule has 112 valence electrons. The number of hydrogen-bond acceptors (Lipinski definition) is 2. The Morgan fingerprint density at radius 2 is 1.90 bits per heavy atom. The molecule has 1 fully saturated rings. The third-order valence-corrected chi connectivity index (χ3v) is 4.65. The molecule has 3 unspecified atom stereocenters. The Labute approximate surface area is 123 Å². The minimum atomic E-state index is 0.491. The molecule has 1 aliphatic rings. The fourth-order valence-corrected chi connectivity index (χ4v) is 3.57. The first-order valence-electron chi connectivity index (χ1n) is 8.26. The molecular weight excluding hydrogens is 246 g/mol. The highest BCUT2D eigenvalue weighted by Crippen LogP contribution is 2.34. The molecule has 1 saturated carbocycles. The van der Waals surface area contributed by atoms with Crippen LogP contribution in [0.15, 0.2) is 30.3 Å². The molecule has 20 heavy (non-hydrogen) atoms. The van der Waals surface area contributed by atoms with Crippen molar-refractivity contribution < 1.29 is 4.74 Å². The quantitative estimate of drug-likeness (QED) is 0.803. The Bertz CT molecular complexity index is 365. The monoisotopic (exact) mass is 275 g/mol. The Balaban J connectivity index is 1.94. The molecule has 0 aromatic heterocycles. The van der Waals surface area contributed by atoms with Crippen LogP contribution in [0.3, 0.4) is 0 Å². The summed E-state index contributed by atoms with van der Waals surface area (Å²) in [4.78, 5) is 0. The van der Waals surface area contributed by atoms with E-state index in [1.807, 2.05) is 30.3 Å². The van der Waals surface area contributed by atoms with Gasteiger partial charge in [0.25, 0.3) is 0 Å². The highest BCUT2D eigenvalue weighted by atomic mass is 16.5. The van der Waals surface area contributed by atoms with Crippen molar-refractivity contribution in [1.82, 2.24) is 5.32 Å². The first-order chi connectivity index (χ1) is 9.85. The second-order valence-electron chi connectivity index (χ2n) is 5.90. The first-order valence-corrected chi connectivity index (χ1v) is 8.26. The SMILES string of the molecule is CCNC(COc1ccccc1)C1CCCCC1CC. The predicted octanol–water partition coefficient (Wildman–Crippen LogP) is 4.26. The Kier molecular flexibility index (Phi) is 6.38. The fourth-order valence-electron chi connectivity index (χ4n) is 3.57. The third-order valence-electron chi connectivity index (χ3n) is 4.65. The van der Waals surface area contributed by atoms with Crippen molar-refractivity contribution in [3.05, 3.63) is 30.3 Å². The highest BCUT2D eigenvalue weighted by Gasteiger charge is 2.30. The number of para-hydroxylation sites is 1. The molecule has 1 aliphatic carbocycles. The molecular formula is C18H29NO. The summed E-state index contributed by atoms with van der Waals surface area (Å²) in [5.74, 6) is 2.63. The van der Waals surface area contributed by atoms with Crippen LogP contribution in [0.5, 0.6) is 5.75 Å². The van der Waals surface area contributed by atoms with Crippen LogP contribution in [0, 0.1) is 11.8 Å². The normalized spacial score (nSPS) is 24.3. The molecule has 0 saturated heterocycles. The number of ether oxygens (including phenoxy) is 1. The van der Waals surface area contributed by atoms with Crippen molar-refractivity contribution in [3.8, 4) is 5.75 Å². The van der Waals surface area contributed by atoms with Gasteiger partial charge in [-0.25, -0.2) is 0 Å². The molecule has 1 aromatic carbocycles. The van der Waals surface area contributed by atoms with Gasteiger partial charge in [-0.2, -0.15) is 0 Å². The molecule has 0 radical (unpaired) electrons. The third kappa shape index (κ3) is 4.24. The van der Waals surface area contributed by atoms with Crippen molar-refractivity contribution in [1.29, 1.82) is 0 Å². The number of nitrogens with one attached hydrogen (secondary N) is 1. The van der Waals surface area contributed by atoms with Gasteiger partial charge in [0.05, 0.1) is 0 Å². The van der Waals surface area contributed by atoms with Gasteiger partial charge < -0.3 is 10.1 Å². The summed E-state index contributed by atoms with van der Waals surface area (Å²) >= 11 is 0. The minimum absolute atomic E-state index is 0.491. The zero-order chi connectivity index (χ0) is 14.2. The topological polar surface area (TPSA) is 21.3 Å². The maximum absolute atomic E-state index is 6.00. The molecule has 1 aromatic rings. The number of likely N-dealkylation sites (N-methyl/N-ethyl adjacent to an activating group) is 1. The van der Waals surface area contributed by atoms with E-state index in [1.54, 1.807) is 0 Å². The van der Waals surface area contributed by atoms with Gasteiger partial charge in [0.1, 0.15) is 12.4 Å². The molecule has 2 heteroatoms. The van der Waals surface area contributed by atoms with Crippen LogP contribution in [0.1, 0.15) is 46.0 Å². The van der Waals surface area contributed by atoms with E-state index >= 15 is 0 Å². The summed E-state index contributed by atoms with van der Waals surface area (Å²) in [6.45, 7) is 6.35. The summed E-state index contributed by atoms with van der Waals surface area (Å²) in [7, 11) is 0. The van der Waals surface area contributed by atoms with Crippen LogP contribution < -0.4 is 10.1 Å². The van der Waals surface area contributed by atoms with Crippen LogP contribution in [-0.2, 0) is 0 Å². The summed E-state index contributed by atoms with van der Waals surface area (Å²) in [6, 6.07) is 10.7. The molecule has 0 spiro atoms. The summed E-state index contributed by atoms with van der Waals surface area (Å²) in [6.07, 6.45) is 6.85. The van der Waals surface area contributed by atoms with Crippen molar-refractivity contribution >= 4 is 0 Å². The smallest absolute Gasteiger partial charge is 0.119 e. The second-order valence-corrected chi connectivity index (χ2v) is 5.90. The van der Waals surface area contributed by atoms with Gasteiger partial charge >= 0.3 is 0 Å². The molecule has 0 aliphatic heterocycles. The Morgan fingerprint density at radius 1 is 1.15 bits per heavy atom. The van der Waals surface area contributed by atoms with Crippen molar-refractivity contribution in [3.63, 3.8) is 0 Å². The van der Waals surface area contributed by atoms with E-state index in [1.165, 1.54) is 32.1 Å². The average Bonchev–Trinajstić information content (AvgIpc) is 2.52. The Morgan fingerprint density at radius 3 is 2.60 bits per heavy atom. The molecule has 0 heterocycles. The fraction of sp³-hybridized carbons (Fsp3) is 0.667. The first kappa shape index (κ1) is 15.4. The minimum Gasteiger partial charge on any atom is -0.492 e. The van der Waals surface area contributed by atoms with Gasteiger partial charge in [0, 0.05) is 6.04 Å². The van der Waals surface area contributed by atoms with Gasteiger partial charge in [-0.05, 0) is 36.9 Å². The Hall–Kier alpha value is -1.02. The van der Waals surface area contributed by atoms with Crippen LogP contribution in [0.2, 0.25) is 0 Å². The lowest BCUT2D eigenvalue weighted by atomic mass is 9.74. The molecule has 2 nitrogen and oxygen atoms in total. The summed E-state index contributed by atoms with van der Waals surface area (Å²) in [5.41, 5.74) is 0. The molecule has 1 N–H and O–H groups in total. The molecule has 0 amide bonds. The van der Waals surface area contributed by atoms with E-state index < -0.39 is 0 Å². The zero-order valence-corrected chi connectivity index (χ0v) is 13.0. The van der Waals surface area contributed by atoms with Crippen LogP contribution in [-0.4, -0.2) is 19.2 Å². The van der Waals surface area contributed by atoms with Crippen LogP contribution in [0.25, 0.3) is 0 Å². The van der Waals surface area contributed by atoms with E-state index in [0.29, 0.717) is 6.04 Å². The van der Waals surface area contributed by atoms with E-state index in [0.717, 1.165) is 30.7 Å². The predicted molar refractivity (Wildman–Crippen MR) is 85.1 cm³/mol. The lowest BCUT2D eigenvalue weighted by Crippen LogP contribution is -2.44. The largest absolute Gasteiger partial charge is 0.492 e. The average molecular weight is 275 g/mol. The number of rotatable bonds is 7. The van der Waals surface area contributed by atoms with Crippen molar-refractivity contribution in [2.45, 2.75) is 52.0 Å². The maximum Gasteiger partial charge on any atom is 0.119 e. The zero-order valence-electron chi connectivity index (χ0n) is 13.0. The molecule has 0 bridgehead atoms. The van der Waals surface area contributed by atoms with Gasteiger partial charge in [-0.1, -0.05) is 57.7 Å². The van der Waals surface area contributed by atoms with Gasteiger partial charge in [0.2, 0.25) is 0 Å². The van der Waals surface area contributed by atoms with Gasteiger partial charge in [-0.3, -0.25) is 0 Å². The lowest BCUT2D eigenvalue weighted by Gasteiger charge is -2.37. The molecule has 3 atom stereocenters. The second kappa shape index (κ2) is 8.31. The van der Waals surface area contributed by atoms with Crippen LogP contribution >= 0.6 is 0 Å². The highest BCUT2D eigenvalue weighted by molar-refractivity contribution is 5.21. The van der Waals surface area contributed by atoms with Gasteiger partial charge in [0.15, 0.2) is 0 Å². The van der Waals surface area contributed by atoms with E-state index in [-0.39, 0.29) is 0 Å². The maximum atomic E-state index is 6.00. The van der Waals surface area contributed by atoms with Crippen molar-refractivity contribution in [2.75, 3.05) is 13.2 Å². The summed E-state index contributed by atoms with van der Waals surface area (Å²) < 4.78 is 6.00. The molecule has 2 rings (SSSR count). The number of hydrogen-bond donors (Lipinski definition) is 1. The van der Waals surface area contributed by atoms with Crippen molar-refractivity contribution in [2.24, 2.45) is 11.8 Å². The van der Waals surface area contributed by atoms with E-state index in [2.05, 4.69) is 19.2 Å². The van der Waals surface area contributed by atoms with E-state index in [4.69, 9.17) is 4.74 Å². The van der Waals surface area contributed by atoms with E-state index in [9.17, 15) is 0 Å². The van der Waals surface area contributed by atoms with Gasteiger partial charge in [-0.15, -0.1) is 0 Å². The standard InChI is InChI=1S/C18H29NO/c1-3-15-10-8-9-13-17(15)18(19-4-2)14-20-16-11-6-5-7-12-16/h5-7,11-12,15,17-19H,3-4,8-10,13-14H2,1-2H3. The number of benzene rings is 1. The lowest BCUT2D eigenvalue weighted by molar-refractivity contribution is 0.134. The van der Waals surface area contributed by atoms with Crippen LogP contribution in [0.4, 0.5) is 0 Å².